The molecule has 4 heteroatoms. The largest absolute Gasteiger partial charge is 0.508 e. The van der Waals surface area contributed by atoms with Crippen molar-refractivity contribution in [3.8, 4) is 28.4 Å². The standard InChI is InChI=1S/C19H14O4/c1-22-19-17(11-5-3-2-4-6-11)15(21)10-14-13-9-12(20)7-8-16(13)23-18(14)19/h2-10,20-21H,1H3. The number of phenols is 2. The van der Waals surface area contributed by atoms with Gasteiger partial charge in [0.25, 0.3) is 0 Å². The number of fused-ring (bicyclic) bond motifs is 3. The first kappa shape index (κ1) is 13.5. The van der Waals surface area contributed by atoms with Crippen molar-refractivity contribution in [3.63, 3.8) is 0 Å². The van der Waals surface area contributed by atoms with Crippen molar-refractivity contribution in [1.82, 2.24) is 0 Å². The lowest BCUT2D eigenvalue weighted by atomic mass is 10.0. The predicted octanol–water partition coefficient (Wildman–Crippen LogP) is 4.67. The van der Waals surface area contributed by atoms with Crippen molar-refractivity contribution < 1.29 is 19.4 Å². The lowest BCUT2D eigenvalue weighted by Gasteiger charge is -2.11. The van der Waals surface area contributed by atoms with Crippen molar-refractivity contribution in [2.24, 2.45) is 0 Å². The minimum Gasteiger partial charge on any atom is -0.508 e. The van der Waals surface area contributed by atoms with Crippen molar-refractivity contribution in [1.29, 1.82) is 0 Å². The summed E-state index contributed by atoms with van der Waals surface area (Å²) in [5, 5.41) is 21.7. The van der Waals surface area contributed by atoms with Crippen molar-refractivity contribution in [2.75, 3.05) is 7.11 Å². The van der Waals surface area contributed by atoms with Gasteiger partial charge in [-0.15, -0.1) is 0 Å². The molecule has 1 aromatic heterocycles. The molecule has 0 fully saturated rings. The van der Waals surface area contributed by atoms with Crippen molar-refractivity contribution >= 4 is 21.9 Å². The molecule has 0 saturated heterocycles. The molecule has 0 spiro atoms. The summed E-state index contributed by atoms with van der Waals surface area (Å²) in [5.74, 6) is 0.722. The molecule has 0 radical (unpaired) electrons. The highest BCUT2D eigenvalue weighted by Gasteiger charge is 2.20. The number of ether oxygens (including phenoxy) is 1. The molecule has 0 bridgehead atoms. The number of phenolic OH excluding ortho intramolecular Hbond substituents is 2. The lowest BCUT2D eigenvalue weighted by Crippen LogP contribution is -1.89. The van der Waals surface area contributed by atoms with Crippen LogP contribution >= 0.6 is 0 Å². The second-order valence-corrected chi connectivity index (χ2v) is 5.33. The molecule has 3 aromatic carbocycles. The Hall–Kier alpha value is -3.14. The number of rotatable bonds is 2. The first-order chi connectivity index (χ1) is 11.2. The third-order valence-corrected chi connectivity index (χ3v) is 3.95. The average molecular weight is 306 g/mol. The minimum atomic E-state index is 0.103. The zero-order valence-corrected chi connectivity index (χ0v) is 12.4. The van der Waals surface area contributed by atoms with Gasteiger partial charge in [-0.1, -0.05) is 30.3 Å². The molecule has 4 rings (SSSR count). The Morgan fingerprint density at radius 1 is 0.913 bits per heavy atom. The SMILES string of the molecule is COc1c(-c2ccccc2)c(O)cc2c1oc1ccc(O)cc12. The average Bonchev–Trinajstić information content (AvgIpc) is 2.92. The van der Waals surface area contributed by atoms with Crippen LogP contribution in [0, 0.1) is 0 Å². The second kappa shape index (κ2) is 4.95. The molecule has 0 atom stereocenters. The van der Waals surface area contributed by atoms with E-state index >= 15 is 0 Å². The van der Waals surface area contributed by atoms with Crippen LogP contribution in [0.3, 0.4) is 0 Å². The fraction of sp³-hybridized carbons (Fsp3) is 0.0526. The highest BCUT2D eigenvalue weighted by Crippen LogP contribution is 2.46. The molecule has 23 heavy (non-hydrogen) atoms. The van der Waals surface area contributed by atoms with Gasteiger partial charge in [-0.3, -0.25) is 0 Å². The third kappa shape index (κ3) is 1.99. The highest BCUT2D eigenvalue weighted by atomic mass is 16.5. The molecule has 0 aliphatic heterocycles. The summed E-state index contributed by atoms with van der Waals surface area (Å²) in [5.41, 5.74) is 2.60. The maximum atomic E-state index is 10.5. The molecule has 2 N–H and O–H groups in total. The van der Waals surface area contributed by atoms with Crippen LogP contribution in [-0.2, 0) is 0 Å². The van der Waals surface area contributed by atoms with Gasteiger partial charge in [0.1, 0.15) is 17.1 Å². The molecular formula is C19H14O4. The summed E-state index contributed by atoms with van der Waals surface area (Å²) >= 11 is 0. The van der Waals surface area contributed by atoms with Crippen LogP contribution in [0.15, 0.2) is 59.0 Å². The molecular weight excluding hydrogens is 292 g/mol. The van der Waals surface area contributed by atoms with Gasteiger partial charge in [-0.2, -0.15) is 0 Å². The van der Waals surface area contributed by atoms with Gasteiger partial charge in [0.05, 0.1) is 12.7 Å². The van der Waals surface area contributed by atoms with Crippen LogP contribution in [-0.4, -0.2) is 17.3 Å². The number of benzene rings is 3. The molecule has 0 aliphatic carbocycles. The third-order valence-electron chi connectivity index (χ3n) is 3.95. The fourth-order valence-electron chi connectivity index (χ4n) is 2.93. The zero-order valence-electron chi connectivity index (χ0n) is 12.4. The smallest absolute Gasteiger partial charge is 0.178 e. The van der Waals surface area contributed by atoms with Crippen LogP contribution in [0.1, 0.15) is 0 Å². The minimum absolute atomic E-state index is 0.103. The van der Waals surface area contributed by atoms with Crippen LogP contribution in [0.2, 0.25) is 0 Å². The van der Waals surface area contributed by atoms with E-state index in [9.17, 15) is 10.2 Å². The summed E-state index contributed by atoms with van der Waals surface area (Å²) < 4.78 is 11.4. The van der Waals surface area contributed by atoms with Gasteiger partial charge in [0, 0.05) is 10.8 Å². The molecule has 4 nitrogen and oxygen atoms in total. The summed E-state index contributed by atoms with van der Waals surface area (Å²) in [6.07, 6.45) is 0. The Balaban J connectivity index is 2.14. The Morgan fingerprint density at radius 2 is 1.70 bits per heavy atom. The number of methoxy groups -OCH3 is 1. The van der Waals surface area contributed by atoms with Gasteiger partial charge in [0.15, 0.2) is 11.3 Å². The van der Waals surface area contributed by atoms with Crippen LogP contribution < -0.4 is 4.74 Å². The fourth-order valence-corrected chi connectivity index (χ4v) is 2.93. The number of aromatic hydroxyl groups is 2. The maximum absolute atomic E-state index is 10.5. The van der Waals surface area contributed by atoms with Gasteiger partial charge < -0.3 is 19.4 Å². The summed E-state index contributed by atoms with van der Waals surface area (Å²) in [6, 6.07) is 16.0. The predicted molar refractivity (Wildman–Crippen MR) is 89.0 cm³/mol. The Kier molecular flexibility index (Phi) is 2.91. The van der Waals surface area contributed by atoms with Gasteiger partial charge >= 0.3 is 0 Å². The Morgan fingerprint density at radius 3 is 2.43 bits per heavy atom. The van der Waals surface area contributed by atoms with Crippen LogP contribution in [0.25, 0.3) is 33.1 Å². The molecule has 1 heterocycles. The molecule has 114 valence electrons. The number of hydrogen-bond donors (Lipinski definition) is 2. The van der Waals surface area contributed by atoms with Gasteiger partial charge in [0.2, 0.25) is 0 Å². The lowest BCUT2D eigenvalue weighted by molar-refractivity contribution is 0.408. The number of hydrogen-bond acceptors (Lipinski definition) is 4. The monoisotopic (exact) mass is 306 g/mol. The molecule has 0 saturated carbocycles. The van der Waals surface area contributed by atoms with E-state index in [0.29, 0.717) is 27.9 Å². The first-order valence-electron chi connectivity index (χ1n) is 7.19. The van der Waals surface area contributed by atoms with E-state index in [1.807, 2.05) is 30.3 Å². The zero-order chi connectivity index (χ0) is 16.0. The number of furan rings is 1. The normalized spacial score (nSPS) is 11.2. The van der Waals surface area contributed by atoms with Crippen molar-refractivity contribution in [2.45, 2.75) is 0 Å². The van der Waals surface area contributed by atoms with E-state index in [0.717, 1.165) is 10.9 Å². The quantitative estimate of drug-likeness (QED) is 0.565. The molecule has 4 aromatic rings. The van der Waals surface area contributed by atoms with E-state index in [1.54, 1.807) is 31.4 Å². The van der Waals surface area contributed by atoms with E-state index in [2.05, 4.69) is 0 Å². The Labute approximate surface area is 132 Å². The van der Waals surface area contributed by atoms with Crippen LogP contribution in [0.4, 0.5) is 0 Å². The first-order valence-corrected chi connectivity index (χ1v) is 7.19. The summed E-state index contributed by atoms with van der Waals surface area (Å²) in [7, 11) is 1.55. The topological polar surface area (TPSA) is 62.8 Å². The van der Waals surface area contributed by atoms with E-state index in [4.69, 9.17) is 9.15 Å². The summed E-state index contributed by atoms with van der Waals surface area (Å²) in [4.78, 5) is 0. The van der Waals surface area contributed by atoms with E-state index in [-0.39, 0.29) is 11.5 Å². The second-order valence-electron chi connectivity index (χ2n) is 5.33. The molecule has 0 amide bonds. The van der Waals surface area contributed by atoms with E-state index < -0.39 is 0 Å². The highest BCUT2D eigenvalue weighted by molar-refractivity contribution is 6.10. The van der Waals surface area contributed by atoms with Crippen molar-refractivity contribution in [3.05, 3.63) is 54.6 Å². The van der Waals surface area contributed by atoms with E-state index in [1.165, 1.54) is 0 Å². The van der Waals surface area contributed by atoms with Gasteiger partial charge in [-0.25, -0.2) is 0 Å². The summed E-state index contributed by atoms with van der Waals surface area (Å²) in [6.45, 7) is 0. The maximum Gasteiger partial charge on any atom is 0.178 e. The van der Waals surface area contributed by atoms with Gasteiger partial charge in [-0.05, 0) is 29.8 Å². The van der Waals surface area contributed by atoms with Crippen LogP contribution in [0.5, 0.6) is 17.2 Å². The Bertz CT molecular complexity index is 1020. The molecule has 0 unspecified atom stereocenters. The molecule has 0 aliphatic rings.